The van der Waals surface area contributed by atoms with Crippen molar-refractivity contribution in [3.8, 4) is 0 Å². The first-order valence-electron chi connectivity index (χ1n) is 11.6. The number of carbonyl (C=O) groups is 2. The van der Waals surface area contributed by atoms with Gasteiger partial charge in [0.15, 0.2) is 0 Å². The molecule has 2 aromatic heterocycles. The first-order chi connectivity index (χ1) is 16.6. The smallest absolute Gasteiger partial charge is 0.252 e. The molecule has 1 saturated heterocycles. The summed E-state index contributed by atoms with van der Waals surface area (Å²) in [6, 6.07) is 5.84. The molecule has 1 aromatic carbocycles. The largest absolute Gasteiger partial charge is 0.379 e. The van der Waals surface area contributed by atoms with Gasteiger partial charge in [-0.05, 0) is 42.8 Å². The van der Waals surface area contributed by atoms with Crippen LogP contribution in [0.1, 0.15) is 47.8 Å². The van der Waals surface area contributed by atoms with Crippen LogP contribution < -0.4 is 10.6 Å². The minimum atomic E-state index is -0.773. The van der Waals surface area contributed by atoms with Gasteiger partial charge in [-0.1, -0.05) is 13.8 Å². The summed E-state index contributed by atoms with van der Waals surface area (Å²) >= 11 is 0. The van der Waals surface area contributed by atoms with E-state index in [9.17, 15) is 14.0 Å². The van der Waals surface area contributed by atoms with E-state index in [2.05, 4.69) is 25.6 Å². The van der Waals surface area contributed by atoms with Gasteiger partial charge in [0, 0.05) is 31.5 Å². The maximum absolute atomic E-state index is 13.8. The minimum absolute atomic E-state index is 0.217. The third-order valence-corrected chi connectivity index (χ3v) is 5.86. The van der Waals surface area contributed by atoms with Crippen LogP contribution in [0.5, 0.6) is 0 Å². The maximum Gasteiger partial charge on any atom is 0.252 e. The lowest BCUT2D eigenvalue weighted by Crippen LogP contribution is -2.38. The van der Waals surface area contributed by atoms with Gasteiger partial charge >= 0.3 is 0 Å². The van der Waals surface area contributed by atoms with Crippen molar-refractivity contribution >= 4 is 23.0 Å². The number of benzene rings is 1. The zero-order valence-corrected chi connectivity index (χ0v) is 19.4. The molecular weight excluding hydrogens is 439 g/mol. The predicted molar refractivity (Wildman–Crippen MR) is 125 cm³/mol. The zero-order chi connectivity index (χ0) is 24.1. The average Bonchev–Trinajstić information content (AvgIpc) is 3.44. The summed E-state index contributed by atoms with van der Waals surface area (Å²) in [5, 5.41) is 9.87. The molecule has 1 fully saturated rings. The van der Waals surface area contributed by atoms with Gasteiger partial charge in [-0.2, -0.15) is 5.10 Å². The van der Waals surface area contributed by atoms with E-state index < -0.39 is 11.7 Å². The minimum Gasteiger partial charge on any atom is -0.379 e. The number of amides is 2. The molecule has 5 rings (SSSR count). The Morgan fingerprint density at radius 2 is 2.06 bits per heavy atom. The molecule has 2 amide bonds. The third-order valence-electron chi connectivity index (χ3n) is 5.86. The van der Waals surface area contributed by atoms with Gasteiger partial charge in [0.05, 0.1) is 30.0 Å². The molecule has 180 valence electrons. The molecule has 1 atom stereocenters. The van der Waals surface area contributed by atoms with Crippen molar-refractivity contribution < 1.29 is 18.7 Å². The highest BCUT2D eigenvalue weighted by Gasteiger charge is 2.35. The summed E-state index contributed by atoms with van der Waals surface area (Å²) in [7, 11) is 0. The van der Waals surface area contributed by atoms with Crippen LogP contribution in [0.25, 0.3) is 5.52 Å². The summed E-state index contributed by atoms with van der Waals surface area (Å²) in [6.07, 6.45) is 3.78. The number of anilines is 1. The molecule has 0 saturated carbocycles. The SMILES string of the molecule is CC.O=C(NCCCN1CCOCC1)c1cc2c(C3C(=O)Nc4ccc(F)cc43)ncnn2c1. The summed E-state index contributed by atoms with van der Waals surface area (Å²) < 4.78 is 20.7. The van der Waals surface area contributed by atoms with Crippen LogP contribution in [0.15, 0.2) is 36.8 Å². The van der Waals surface area contributed by atoms with E-state index in [0.29, 0.717) is 34.6 Å². The Morgan fingerprint density at radius 1 is 1.26 bits per heavy atom. The highest BCUT2D eigenvalue weighted by atomic mass is 19.1. The van der Waals surface area contributed by atoms with Gasteiger partial charge in [0.1, 0.15) is 18.1 Å². The maximum atomic E-state index is 13.8. The number of rotatable bonds is 6. The summed E-state index contributed by atoms with van der Waals surface area (Å²) in [5.41, 5.74) is 2.46. The van der Waals surface area contributed by atoms with E-state index in [0.717, 1.165) is 39.3 Å². The fraction of sp³-hybridized carbons (Fsp3) is 0.417. The molecule has 2 aliphatic heterocycles. The number of morpholine rings is 1. The molecule has 1 unspecified atom stereocenters. The topological polar surface area (TPSA) is 101 Å². The van der Waals surface area contributed by atoms with E-state index in [1.807, 2.05) is 13.8 Å². The lowest BCUT2D eigenvalue weighted by Gasteiger charge is -2.26. The van der Waals surface area contributed by atoms with Gasteiger partial charge in [0.25, 0.3) is 5.91 Å². The predicted octanol–water partition coefficient (Wildman–Crippen LogP) is 2.43. The fourth-order valence-corrected chi connectivity index (χ4v) is 4.23. The number of ether oxygens (including phenoxy) is 1. The summed E-state index contributed by atoms with van der Waals surface area (Å²) in [4.78, 5) is 31.9. The molecule has 0 bridgehead atoms. The summed E-state index contributed by atoms with van der Waals surface area (Å²) in [5.74, 6) is -1.71. The number of hydrogen-bond acceptors (Lipinski definition) is 6. The van der Waals surface area contributed by atoms with Crippen LogP contribution in [0.4, 0.5) is 10.1 Å². The van der Waals surface area contributed by atoms with E-state index >= 15 is 0 Å². The van der Waals surface area contributed by atoms with Gasteiger partial charge in [-0.25, -0.2) is 13.9 Å². The van der Waals surface area contributed by atoms with Crippen LogP contribution in [-0.2, 0) is 9.53 Å². The molecule has 2 N–H and O–H groups in total. The molecule has 2 aliphatic rings. The molecule has 0 radical (unpaired) electrons. The van der Waals surface area contributed by atoms with E-state index in [4.69, 9.17) is 4.74 Å². The number of nitrogens with zero attached hydrogens (tertiary/aromatic N) is 4. The number of carbonyl (C=O) groups excluding carboxylic acids is 2. The van der Waals surface area contributed by atoms with Crippen LogP contribution in [0, 0.1) is 5.82 Å². The Labute approximate surface area is 197 Å². The summed E-state index contributed by atoms with van der Waals surface area (Å²) in [6.45, 7) is 8.80. The second-order valence-electron chi connectivity index (χ2n) is 7.92. The lowest BCUT2D eigenvalue weighted by atomic mass is 9.96. The lowest BCUT2D eigenvalue weighted by molar-refractivity contribution is -0.116. The van der Waals surface area contributed by atoms with Crippen LogP contribution in [-0.4, -0.2) is 70.7 Å². The van der Waals surface area contributed by atoms with E-state index in [-0.39, 0.29) is 11.8 Å². The highest BCUT2D eigenvalue weighted by molar-refractivity contribution is 6.06. The van der Waals surface area contributed by atoms with Crippen molar-refractivity contribution in [2.45, 2.75) is 26.2 Å². The average molecular weight is 469 g/mol. The molecule has 0 aliphatic carbocycles. The quantitative estimate of drug-likeness (QED) is 0.539. The molecule has 9 nitrogen and oxygen atoms in total. The molecule has 10 heteroatoms. The first-order valence-corrected chi connectivity index (χ1v) is 11.6. The zero-order valence-electron chi connectivity index (χ0n) is 19.4. The Kier molecular flexibility index (Phi) is 7.49. The molecule has 0 spiro atoms. The van der Waals surface area contributed by atoms with Gasteiger partial charge in [-0.3, -0.25) is 14.5 Å². The number of halogens is 1. The fourth-order valence-electron chi connectivity index (χ4n) is 4.23. The second-order valence-corrected chi connectivity index (χ2v) is 7.92. The van der Waals surface area contributed by atoms with E-state index in [1.54, 1.807) is 12.3 Å². The Bertz CT molecular complexity index is 1170. The second kappa shape index (κ2) is 10.7. The Hall–Kier alpha value is -3.37. The Morgan fingerprint density at radius 3 is 2.85 bits per heavy atom. The van der Waals surface area contributed by atoms with Gasteiger partial charge in [0.2, 0.25) is 5.91 Å². The molecule has 34 heavy (non-hydrogen) atoms. The van der Waals surface area contributed by atoms with Gasteiger partial charge in [-0.15, -0.1) is 0 Å². The third kappa shape index (κ3) is 4.92. The normalized spacial score (nSPS) is 17.6. The van der Waals surface area contributed by atoms with E-state index in [1.165, 1.54) is 29.0 Å². The first kappa shape index (κ1) is 23.8. The van der Waals surface area contributed by atoms with Crippen LogP contribution in [0.3, 0.4) is 0 Å². The highest BCUT2D eigenvalue weighted by Crippen LogP contribution is 2.38. The van der Waals surface area contributed by atoms with Crippen LogP contribution >= 0.6 is 0 Å². The van der Waals surface area contributed by atoms with Gasteiger partial charge < -0.3 is 15.4 Å². The van der Waals surface area contributed by atoms with Crippen molar-refractivity contribution in [1.29, 1.82) is 0 Å². The van der Waals surface area contributed by atoms with Crippen molar-refractivity contribution in [3.05, 3.63) is 59.4 Å². The van der Waals surface area contributed by atoms with Crippen LogP contribution in [0.2, 0.25) is 0 Å². The van der Waals surface area contributed by atoms with Crippen molar-refractivity contribution in [1.82, 2.24) is 24.8 Å². The van der Waals surface area contributed by atoms with Crippen molar-refractivity contribution in [2.75, 3.05) is 44.7 Å². The number of nitrogens with one attached hydrogen (secondary N) is 2. The van der Waals surface area contributed by atoms with Crippen molar-refractivity contribution in [3.63, 3.8) is 0 Å². The molecule has 3 aromatic rings. The monoisotopic (exact) mass is 468 g/mol. The van der Waals surface area contributed by atoms with Crippen molar-refractivity contribution in [2.24, 2.45) is 0 Å². The number of aromatic nitrogens is 3. The molecular formula is C24H29FN6O3. The number of hydrogen-bond donors (Lipinski definition) is 2. The Balaban J connectivity index is 0.00000133. The standard InChI is InChI=1S/C22H23FN6O3.C2H6/c23-15-2-3-17-16(11-15)19(22(31)27-17)20-18-10-14(12-29(18)26-13-25-20)21(30)24-4-1-5-28-6-8-32-9-7-28;1-2/h2-3,10-13,19H,1,4-9H2,(H,24,30)(H,27,31);1-2H3. The molecule has 4 heterocycles. The number of fused-ring (bicyclic) bond motifs is 2.